The number of piperazine rings is 1. The van der Waals surface area contributed by atoms with Gasteiger partial charge in [0.25, 0.3) is 0 Å². The van der Waals surface area contributed by atoms with Gasteiger partial charge in [-0.25, -0.2) is 0 Å². The van der Waals surface area contributed by atoms with Crippen LogP contribution in [0.25, 0.3) is 0 Å². The van der Waals surface area contributed by atoms with E-state index in [4.69, 9.17) is 0 Å². The maximum atomic E-state index is 11.5. The largest absolute Gasteiger partial charge is 0.308 e. The number of hydrogen-bond donors (Lipinski definition) is 0. The Morgan fingerprint density at radius 1 is 1.11 bits per heavy atom. The Hall–Kier alpha value is -0.450. The third kappa shape index (κ3) is 5.04. The molecule has 1 heterocycles. The van der Waals surface area contributed by atoms with Crippen molar-refractivity contribution in [1.82, 2.24) is 14.7 Å². The Morgan fingerprint density at radius 3 is 2.06 bits per heavy atom. The molecule has 4 nitrogen and oxygen atoms in total. The van der Waals surface area contributed by atoms with Crippen LogP contribution in [0.15, 0.2) is 0 Å². The third-order valence-electron chi connectivity index (χ3n) is 3.90. The van der Waals surface area contributed by atoms with Gasteiger partial charge in [0.2, 0.25) is 0 Å². The van der Waals surface area contributed by atoms with Crippen molar-refractivity contribution in [1.29, 1.82) is 0 Å². The average Bonchev–Trinajstić information content (AvgIpc) is 2.27. The van der Waals surface area contributed by atoms with Crippen molar-refractivity contribution in [3.8, 4) is 0 Å². The first kappa shape index (κ1) is 15.6. The van der Waals surface area contributed by atoms with Crippen molar-refractivity contribution < 1.29 is 4.79 Å². The SMILES string of the molecule is CC(=O)C(C)(C)CN1CCN(CCN(C)C)CC1. The molecule has 0 spiro atoms. The van der Waals surface area contributed by atoms with Crippen LogP contribution in [0.1, 0.15) is 20.8 Å². The molecule has 1 aliphatic rings. The van der Waals surface area contributed by atoms with Crippen LogP contribution in [0.5, 0.6) is 0 Å². The van der Waals surface area contributed by atoms with Gasteiger partial charge in [0, 0.05) is 51.2 Å². The fourth-order valence-electron chi connectivity index (χ4n) is 2.18. The molecule has 4 heteroatoms. The first-order chi connectivity index (χ1) is 8.31. The second kappa shape index (κ2) is 6.64. The summed E-state index contributed by atoms with van der Waals surface area (Å²) in [6.45, 7) is 13.4. The van der Waals surface area contributed by atoms with E-state index in [2.05, 4.69) is 28.8 Å². The molecule has 0 aliphatic carbocycles. The highest BCUT2D eigenvalue weighted by Gasteiger charge is 2.28. The lowest BCUT2D eigenvalue weighted by atomic mass is 9.88. The van der Waals surface area contributed by atoms with Gasteiger partial charge in [0.05, 0.1) is 0 Å². The van der Waals surface area contributed by atoms with Crippen LogP contribution in [0.3, 0.4) is 0 Å². The fourth-order valence-corrected chi connectivity index (χ4v) is 2.18. The summed E-state index contributed by atoms with van der Waals surface area (Å²) < 4.78 is 0. The van der Waals surface area contributed by atoms with E-state index in [9.17, 15) is 4.79 Å². The van der Waals surface area contributed by atoms with Crippen LogP contribution in [0.4, 0.5) is 0 Å². The van der Waals surface area contributed by atoms with E-state index in [0.29, 0.717) is 0 Å². The summed E-state index contributed by atoms with van der Waals surface area (Å²) in [6, 6.07) is 0. The molecule has 0 amide bonds. The molecule has 0 aromatic rings. The van der Waals surface area contributed by atoms with Gasteiger partial charge in [-0.15, -0.1) is 0 Å². The number of hydrogen-bond acceptors (Lipinski definition) is 4. The summed E-state index contributed by atoms with van der Waals surface area (Å²) in [5.41, 5.74) is -0.203. The Bertz CT molecular complexity index is 268. The summed E-state index contributed by atoms with van der Waals surface area (Å²) in [6.07, 6.45) is 0. The van der Waals surface area contributed by atoms with Gasteiger partial charge in [-0.1, -0.05) is 13.8 Å². The molecule has 0 N–H and O–H groups in total. The Morgan fingerprint density at radius 2 is 1.61 bits per heavy atom. The second-order valence-corrected chi connectivity index (χ2v) is 6.36. The lowest BCUT2D eigenvalue weighted by Gasteiger charge is -2.38. The molecule has 0 unspecified atom stereocenters. The average molecular weight is 255 g/mol. The minimum absolute atomic E-state index is 0.203. The Labute approximate surface area is 112 Å². The lowest BCUT2D eigenvalue weighted by molar-refractivity contribution is -0.126. The van der Waals surface area contributed by atoms with Crippen molar-refractivity contribution in [2.45, 2.75) is 20.8 Å². The fraction of sp³-hybridized carbons (Fsp3) is 0.929. The van der Waals surface area contributed by atoms with Gasteiger partial charge in [-0.2, -0.15) is 0 Å². The molecule has 0 aromatic heterocycles. The first-order valence-electron chi connectivity index (χ1n) is 6.92. The van der Waals surface area contributed by atoms with Crippen LogP contribution in [-0.2, 0) is 4.79 Å². The zero-order chi connectivity index (χ0) is 13.8. The molecule has 1 saturated heterocycles. The van der Waals surface area contributed by atoms with Crippen molar-refractivity contribution in [2.24, 2.45) is 5.41 Å². The van der Waals surface area contributed by atoms with E-state index in [0.717, 1.165) is 45.8 Å². The molecule has 1 aliphatic heterocycles. The van der Waals surface area contributed by atoms with E-state index in [-0.39, 0.29) is 11.2 Å². The standard InChI is InChI=1S/C14H29N3O/c1-13(18)14(2,3)12-17-10-8-16(9-11-17)7-6-15(4)5/h6-12H2,1-5H3. The predicted molar refractivity (Wildman–Crippen MR) is 75.9 cm³/mol. The van der Waals surface area contributed by atoms with Gasteiger partial charge in [-0.05, 0) is 21.0 Å². The molecule has 0 bridgehead atoms. The topological polar surface area (TPSA) is 26.8 Å². The molecule has 0 atom stereocenters. The zero-order valence-corrected chi connectivity index (χ0v) is 12.7. The van der Waals surface area contributed by atoms with Crippen molar-refractivity contribution in [2.75, 3.05) is 59.9 Å². The van der Waals surface area contributed by atoms with Gasteiger partial charge < -0.3 is 4.90 Å². The Kier molecular flexibility index (Phi) is 5.76. The van der Waals surface area contributed by atoms with Crippen molar-refractivity contribution in [3.63, 3.8) is 0 Å². The van der Waals surface area contributed by atoms with Crippen LogP contribution >= 0.6 is 0 Å². The number of likely N-dealkylation sites (N-methyl/N-ethyl adjacent to an activating group) is 1. The molecule has 1 fully saturated rings. The highest BCUT2D eigenvalue weighted by Crippen LogP contribution is 2.19. The maximum Gasteiger partial charge on any atom is 0.136 e. The second-order valence-electron chi connectivity index (χ2n) is 6.36. The van der Waals surface area contributed by atoms with Crippen molar-refractivity contribution >= 4 is 5.78 Å². The minimum atomic E-state index is -0.203. The van der Waals surface area contributed by atoms with E-state index in [1.165, 1.54) is 0 Å². The molecule has 18 heavy (non-hydrogen) atoms. The number of rotatable bonds is 6. The molecular formula is C14H29N3O. The number of carbonyl (C=O) groups is 1. The summed E-state index contributed by atoms with van der Waals surface area (Å²) >= 11 is 0. The minimum Gasteiger partial charge on any atom is -0.308 e. The smallest absolute Gasteiger partial charge is 0.136 e. The molecule has 0 aromatic carbocycles. The molecule has 1 rings (SSSR count). The van der Waals surface area contributed by atoms with Crippen LogP contribution in [0, 0.1) is 5.41 Å². The summed E-state index contributed by atoms with van der Waals surface area (Å²) in [7, 11) is 4.23. The first-order valence-corrected chi connectivity index (χ1v) is 6.92. The van der Waals surface area contributed by atoms with Crippen LogP contribution in [0.2, 0.25) is 0 Å². The maximum absolute atomic E-state index is 11.5. The highest BCUT2D eigenvalue weighted by atomic mass is 16.1. The molecule has 0 saturated carbocycles. The summed E-state index contributed by atoms with van der Waals surface area (Å²) in [4.78, 5) is 18.7. The summed E-state index contributed by atoms with van der Waals surface area (Å²) in [5.74, 6) is 0.289. The molecular weight excluding hydrogens is 226 g/mol. The monoisotopic (exact) mass is 255 g/mol. The van der Waals surface area contributed by atoms with E-state index < -0.39 is 0 Å². The van der Waals surface area contributed by atoms with Gasteiger partial charge in [0.15, 0.2) is 0 Å². The van der Waals surface area contributed by atoms with Crippen LogP contribution in [-0.4, -0.2) is 80.4 Å². The number of nitrogens with zero attached hydrogens (tertiary/aromatic N) is 3. The normalized spacial score (nSPS) is 19.4. The molecule has 0 radical (unpaired) electrons. The van der Waals surface area contributed by atoms with E-state index in [1.54, 1.807) is 6.92 Å². The number of carbonyl (C=O) groups excluding carboxylic acids is 1. The lowest BCUT2D eigenvalue weighted by Crippen LogP contribution is -2.51. The predicted octanol–water partition coefficient (Wildman–Crippen LogP) is 0.781. The van der Waals surface area contributed by atoms with Gasteiger partial charge >= 0.3 is 0 Å². The number of ketones is 1. The third-order valence-corrected chi connectivity index (χ3v) is 3.90. The number of Topliss-reactive ketones (excluding diaryl/α,β-unsaturated/α-hetero) is 1. The van der Waals surface area contributed by atoms with Gasteiger partial charge in [-0.3, -0.25) is 14.6 Å². The van der Waals surface area contributed by atoms with Crippen molar-refractivity contribution in [3.05, 3.63) is 0 Å². The molecule has 106 valence electrons. The zero-order valence-electron chi connectivity index (χ0n) is 12.7. The van der Waals surface area contributed by atoms with E-state index in [1.807, 2.05) is 13.8 Å². The quantitative estimate of drug-likeness (QED) is 0.701. The summed E-state index contributed by atoms with van der Waals surface area (Å²) in [5, 5.41) is 0. The highest BCUT2D eigenvalue weighted by molar-refractivity contribution is 5.81. The van der Waals surface area contributed by atoms with Crippen LogP contribution < -0.4 is 0 Å². The Balaban J connectivity index is 2.29. The van der Waals surface area contributed by atoms with E-state index >= 15 is 0 Å². The van der Waals surface area contributed by atoms with Gasteiger partial charge in [0.1, 0.15) is 5.78 Å².